The molecule has 0 bridgehead atoms. The molecule has 0 fully saturated rings. The second-order valence-corrected chi connectivity index (χ2v) is 4.89. The van der Waals surface area contributed by atoms with Crippen molar-refractivity contribution in [1.29, 1.82) is 0 Å². The Morgan fingerprint density at radius 2 is 1.75 bits per heavy atom. The van der Waals surface area contributed by atoms with Gasteiger partial charge in [0.1, 0.15) is 5.82 Å². The number of nitrogen functional groups attached to an aromatic ring is 1. The lowest BCUT2D eigenvalue weighted by Gasteiger charge is -2.06. The maximum Gasteiger partial charge on any atom is 0.137 e. The van der Waals surface area contributed by atoms with E-state index < -0.39 is 0 Å². The molecule has 0 spiro atoms. The topological polar surface area (TPSA) is 43.8 Å². The summed E-state index contributed by atoms with van der Waals surface area (Å²) in [5.41, 5.74) is 7.78. The van der Waals surface area contributed by atoms with E-state index in [1.54, 1.807) is 0 Å². The molecule has 0 aliphatic rings. The van der Waals surface area contributed by atoms with E-state index in [4.69, 9.17) is 5.73 Å². The van der Waals surface area contributed by atoms with Gasteiger partial charge in [-0.2, -0.15) is 0 Å². The molecule has 0 aliphatic heterocycles. The van der Waals surface area contributed by atoms with Crippen LogP contribution in [0.5, 0.6) is 0 Å². The molecule has 96 valence electrons. The fourth-order valence-electron chi connectivity index (χ4n) is 2.56. The average molecular weight is 259 g/mol. The van der Waals surface area contributed by atoms with Crippen molar-refractivity contribution >= 4 is 27.4 Å². The molecule has 2 aromatic heterocycles. The van der Waals surface area contributed by atoms with E-state index in [-0.39, 0.29) is 0 Å². The van der Waals surface area contributed by atoms with E-state index in [2.05, 4.69) is 33.8 Å². The zero-order chi connectivity index (χ0) is 13.5. The van der Waals surface area contributed by atoms with Gasteiger partial charge >= 0.3 is 0 Å². The molecule has 3 nitrogen and oxygen atoms in total. The Morgan fingerprint density at radius 1 is 0.850 bits per heavy atom. The third kappa shape index (κ3) is 1.64. The van der Waals surface area contributed by atoms with E-state index in [9.17, 15) is 0 Å². The van der Waals surface area contributed by atoms with E-state index in [1.165, 1.54) is 5.39 Å². The molecule has 0 saturated carbocycles. The minimum Gasteiger partial charge on any atom is -0.399 e. The first-order valence-electron chi connectivity index (χ1n) is 6.53. The molecule has 2 N–H and O–H groups in total. The number of fused-ring (bicyclic) bond motifs is 2. The van der Waals surface area contributed by atoms with Gasteiger partial charge in [0, 0.05) is 23.5 Å². The zero-order valence-corrected chi connectivity index (χ0v) is 10.8. The molecule has 4 aromatic rings. The van der Waals surface area contributed by atoms with Gasteiger partial charge in [-0.3, -0.25) is 0 Å². The van der Waals surface area contributed by atoms with Crippen LogP contribution in [0.1, 0.15) is 0 Å². The normalized spacial score (nSPS) is 11.2. The molecule has 2 heterocycles. The third-order valence-corrected chi connectivity index (χ3v) is 3.58. The first-order valence-corrected chi connectivity index (χ1v) is 6.53. The predicted octanol–water partition coefficient (Wildman–Crippen LogP) is 3.76. The molecule has 0 radical (unpaired) electrons. The zero-order valence-electron chi connectivity index (χ0n) is 10.8. The Kier molecular flexibility index (Phi) is 2.27. The SMILES string of the molecule is Nc1ccc2cnc(-n3ccc4ccccc43)cc2c1. The number of anilines is 1. The molecule has 20 heavy (non-hydrogen) atoms. The van der Waals surface area contributed by atoms with Crippen LogP contribution in [0.15, 0.2) is 67.0 Å². The predicted molar refractivity (Wildman–Crippen MR) is 83.0 cm³/mol. The van der Waals surface area contributed by atoms with E-state index in [1.807, 2.05) is 42.7 Å². The number of para-hydroxylation sites is 1. The van der Waals surface area contributed by atoms with Crippen molar-refractivity contribution < 1.29 is 0 Å². The van der Waals surface area contributed by atoms with Crippen LogP contribution in [0.25, 0.3) is 27.5 Å². The summed E-state index contributed by atoms with van der Waals surface area (Å²) in [4.78, 5) is 4.55. The number of benzene rings is 2. The smallest absolute Gasteiger partial charge is 0.137 e. The van der Waals surface area contributed by atoms with Crippen molar-refractivity contribution in [3.63, 3.8) is 0 Å². The number of rotatable bonds is 1. The Labute approximate surface area is 116 Å². The first-order chi connectivity index (χ1) is 9.81. The van der Waals surface area contributed by atoms with Crippen molar-refractivity contribution in [2.75, 3.05) is 5.73 Å². The quantitative estimate of drug-likeness (QED) is 0.529. The highest BCUT2D eigenvalue weighted by atomic mass is 15.0. The van der Waals surface area contributed by atoms with Crippen LogP contribution >= 0.6 is 0 Å². The van der Waals surface area contributed by atoms with Crippen molar-refractivity contribution in [2.24, 2.45) is 0 Å². The molecule has 4 rings (SSSR count). The summed E-state index contributed by atoms with van der Waals surface area (Å²) in [5, 5.41) is 3.41. The highest BCUT2D eigenvalue weighted by Crippen LogP contribution is 2.23. The van der Waals surface area contributed by atoms with Crippen LogP contribution in [0.2, 0.25) is 0 Å². The fourth-order valence-corrected chi connectivity index (χ4v) is 2.56. The van der Waals surface area contributed by atoms with Gasteiger partial charge in [-0.15, -0.1) is 0 Å². The number of hydrogen-bond acceptors (Lipinski definition) is 2. The Morgan fingerprint density at radius 3 is 2.70 bits per heavy atom. The monoisotopic (exact) mass is 259 g/mol. The summed E-state index contributed by atoms with van der Waals surface area (Å²) in [5.74, 6) is 0.907. The van der Waals surface area contributed by atoms with Gasteiger partial charge < -0.3 is 10.3 Å². The molecular formula is C17H13N3. The Bertz CT molecular complexity index is 922. The van der Waals surface area contributed by atoms with Gasteiger partial charge in [0.15, 0.2) is 0 Å². The minimum absolute atomic E-state index is 0.770. The molecule has 0 atom stereocenters. The average Bonchev–Trinajstić information content (AvgIpc) is 2.90. The molecular weight excluding hydrogens is 246 g/mol. The number of hydrogen-bond donors (Lipinski definition) is 1. The third-order valence-electron chi connectivity index (χ3n) is 3.58. The van der Waals surface area contributed by atoms with Gasteiger partial charge in [0.25, 0.3) is 0 Å². The number of nitrogens with two attached hydrogens (primary N) is 1. The van der Waals surface area contributed by atoms with Crippen molar-refractivity contribution in [1.82, 2.24) is 9.55 Å². The van der Waals surface area contributed by atoms with Crippen LogP contribution in [-0.2, 0) is 0 Å². The van der Waals surface area contributed by atoms with Gasteiger partial charge in [0.05, 0.1) is 5.52 Å². The lowest BCUT2D eigenvalue weighted by Crippen LogP contribution is -1.95. The second-order valence-electron chi connectivity index (χ2n) is 4.89. The number of nitrogens with zero attached hydrogens (tertiary/aromatic N) is 2. The first kappa shape index (κ1) is 11.1. The molecule has 3 heteroatoms. The lowest BCUT2D eigenvalue weighted by atomic mass is 10.1. The summed E-state index contributed by atoms with van der Waals surface area (Å²) in [6.07, 6.45) is 3.93. The molecule has 0 unspecified atom stereocenters. The highest BCUT2D eigenvalue weighted by molar-refractivity contribution is 5.87. The van der Waals surface area contributed by atoms with E-state index in [0.717, 1.165) is 27.8 Å². The summed E-state index contributed by atoms with van der Waals surface area (Å²) in [6.45, 7) is 0. The highest BCUT2D eigenvalue weighted by Gasteiger charge is 2.04. The van der Waals surface area contributed by atoms with Gasteiger partial charge in [-0.1, -0.05) is 24.3 Å². The molecule has 2 aromatic carbocycles. The summed E-state index contributed by atoms with van der Waals surface area (Å²) in [6, 6.07) is 18.3. The van der Waals surface area contributed by atoms with Crippen molar-refractivity contribution in [3.05, 3.63) is 67.0 Å². The summed E-state index contributed by atoms with van der Waals surface area (Å²) in [7, 11) is 0. The van der Waals surface area contributed by atoms with Crippen molar-refractivity contribution in [3.8, 4) is 5.82 Å². The molecule has 0 amide bonds. The number of pyridine rings is 1. The second kappa shape index (κ2) is 4.10. The standard InChI is InChI=1S/C17H13N3/c18-15-6-5-13-11-19-17(10-14(13)9-15)20-8-7-12-3-1-2-4-16(12)20/h1-11H,18H2. The summed E-state index contributed by atoms with van der Waals surface area (Å²) >= 11 is 0. The maximum atomic E-state index is 5.86. The van der Waals surface area contributed by atoms with Crippen LogP contribution in [0.3, 0.4) is 0 Å². The van der Waals surface area contributed by atoms with Crippen LogP contribution in [0, 0.1) is 0 Å². The van der Waals surface area contributed by atoms with E-state index in [0.29, 0.717) is 0 Å². The van der Waals surface area contributed by atoms with Gasteiger partial charge in [-0.25, -0.2) is 4.98 Å². The Balaban J connectivity index is 1.97. The van der Waals surface area contributed by atoms with E-state index >= 15 is 0 Å². The van der Waals surface area contributed by atoms with Crippen molar-refractivity contribution in [2.45, 2.75) is 0 Å². The fraction of sp³-hybridized carbons (Fsp3) is 0. The van der Waals surface area contributed by atoms with Gasteiger partial charge in [0.2, 0.25) is 0 Å². The largest absolute Gasteiger partial charge is 0.399 e. The minimum atomic E-state index is 0.770. The maximum absolute atomic E-state index is 5.86. The number of aromatic nitrogens is 2. The van der Waals surface area contributed by atoms with Crippen LogP contribution in [0.4, 0.5) is 5.69 Å². The Hall–Kier alpha value is -2.81. The van der Waals surface area contributed by atoms with Crippen LogP contribution in [-0.4, -0.2) is 9.55 Å². The molecule has 0 saturated heterocycles. The lowest BCUT2D eigenvalue weighted by molar-refractivity contribution is 1.05. The molecule has 0 aliphatic carbocycles. The summed E-state index contributed by atoms with van der Waals surface area (Å²) < 4.78 is 2.10. The van der Waals surface area contributed by atoms with Gasteiger partial charge in [-0.05, 0) is 41.1 Å². The van der Waals surface area contributed by atoms with Crippen LogP contribution < -0.4 is 5.73 Å².